The van der Waals surface area contributed by atoms with Crippen LogP contribution in [0.2, 0.25) is 0 Å². The number of benzene rings is 2. The van der Waals surface area contributed by atoms with Crippen molar-refractivity contribution >= 4 is 23.0 Å². The van der Waals surface area contributed by atoms with Gasteiger partial charge in [-0.25, -0.2) is 13.6 Å². The van der Waals surface area contributed by atoms with Crippen LogP contribution in [0.1, 0.15) is 10.4 Å². The summed E-state index contributed by atoms with van der Waals surface area (Å²) >= 11 is 0. The van der Waals surface area contributed by atoms with Crippen molar-refractivity contribution in [1.29, 1.82) is 0 Å². The Labute approximate surface area is 114 Å². The second kappa shape index (κ2) is 5.56. The fourth-order valence-corrected chi connectivity index (χ4v) is 1.71. The number of anilines is 3. The molecule has 0 spiro atoms. The van der Waals surface area contributed by atoms with Gasteiger partial charge in [0.15, 0.2) is 0 Å². The number of ether oxygens (including phenoxy) is 1. The van der Waals surface area contributed by atoms with Gasteiger partial charge in [0.2, 0.25) is 0 Å². The van der Waals surface area contributed by atoms with Crippen LogP contribution in [0, 0.1) is 11.6 Å². The van der Waals surface area contributed by atoms with Crippen LogP contribution >= 0.6 is 0 Å². The van der Waals surface area contributed by atoms with Crippen molar-refractivity contribution < 1.29 is 18.3 Å². The molecule has 0 atom stereocenters. The summed E-state index contributed by atoms with van der Waals surface area (Å²) in [5.74, 6) is -2.14. The molecule has 0 saturated heterocycles. The van der Waals surface area contributed by atoms with Gasteiger partial charge in [0.25, 0.3) is 0 Å². The van der Waals surface area contributed by atoms with Gasteiger partial charge >= 0.3 is 5.97 Å². The first kappa shape index (κ1) is 13.8. The molecular formula is C14H12F2N2O2. The Kier molecular flexibility index (Phi) is 3.84. The number of nitrogens with two attached hydrogens (primary N) is 1. The maximum Gasteiger partial charge on any atom is 0.340 e. The van der Waals surface area contributed by atoms with Crippen LogP contribution in [-0.2, 0) is 4.74 Å². The zero-order chi connectivity index (χ0) is 14.7. The maximum atomic E-state index is 13.6. The molecule has 4 nitrogen and oxygen atoms in total. The summed E-state index contributed by atoms with van der Waals surface area (Å²) in [7, 11) is 1.22. The summed E-state index contributed by atoms with van der Waals surface area (Å²) in [5.41, 5.74) is 5.86. The lowest BCUT2D eigenvalue weighted by Gasteiger charge is -2.13. The standard InChI is InChI=1S/C14H12F2N2O2/c1-20-14(19)8-4-2-7-11(12(8)17)18-13-9(15)5-3-6-10(13)16/h2-7,18H,17H2,1H3. The molecule has 3 N–H and O–H groups in total. The second-order valence-corrected chi connectivity index (χ2v) is 3.98. The predicted octanol–water partition coefficient (Wildman–Crippen LogP) is 3.08. The van der Waals surface area contributed by atoms with Crippen LogP contribution in [0.25, 0.3) is 0 Å². The third-order valence-corrected chi connectivity index (χ3v) is 2.73. The number of rotatable bonds is 3. The molecule has 6 heteroatoms. The number of para-hydroxylation sites is 2. The normalized spacial score (nSPS) is 10.2. The van der Waals surface area contributed by atoms with Crippen LogP contribution in [0.4, 0.5) is 25.8 Å². The highest BCUT2D eigenvalue weighted by atomic mass is 19.1. The molecule has 0 radical (unpaired) electrons. The molecule has 0 heterocycles. The first-order valence-corrected chi connectivity index (χ1v) is 5.72. The van der Waals surface area contributed by atoms with Gasteiger partial charge < -0.3 is 15.8 Å². The molecule has 0 aliphatic rings. The van der Waals surface area contributed by atoms with E-state index in [9.17, 15) is 13.6 Å². The lowest BCUT2D eigenvalue weighted by atomic mass is 10.1. The highest BCUT2D eigenvalue weighted by Crippen LogP contribution is 2.29. The van der Waals surface area contributed by atoms with Crippen molar-refractivity contribution in [2.24, 2.45) is 0 Å². The van der Waals surface area contributed by atoms with Gasteiger partial charge in [-0.3, -0.25) is 0 Å². The number of hydrogen-bond acceptors (Lipinski definition) is 4. The largest absolute Gasteiger partial charge is 0.465 e. The zero-order valence-electron chi connectivity index (χ0n) is 10.6. The molecule has 2 aromatic carbocycles. The Morgan fingerprint density at radius 3 is 2.35 bits per heavy atom. The van der Waals surface area contributed by atoms with Crippen molar-refractivity contribution in [3.05, 3.63) is 53.6 Å². The summed E-state index contributed by atoms with van der Waals surface area (Å²) in [4.78, 5) is 11.5. The first-order chi connectivity index (χ1) is 9.54. The molecule has 0 fully saturated rings. The van der Waals surface area contributed by atoms with E-state index in [2.05, 4.69) is 10.1 Å². The molecule has 104 valence electrons. The zero-order valence-corrected chi connectivity index (χ0v) is 10.6. The average Bonchev–Trinajstić information content (AvgIpc) is 2.44. The van der Waals surface area contributed by atoms with Crippen LogP contribution < -0.4 is 11.1 Å². The summed E-state index contributed by atoms with van der Waals surface area (Å²) in [6, 6.07) is 7.99. The van der Waals surface area contributed by atoms with Gasteiger partial charge in [0, 0.05) is 0 Å². The van der Waals surface area contributed by atoms with Crippen molar-refractivity contribution in [2.75, 3.05) is 18.2 Å². The van der Waals surface area contributed by atoms with Gasteiger partial charge in [-0.15, -0.1) is 0 Å². The van der Waals surface area contributed by atoms with Crippen molar-refractivity contribution in [3.63, 3.8) is 0 Å². The molecule has 20 heavy (non-hydrogen) atoms. The minimum Gasteiger partial charge on any atom is -0.465 e. The van der Waals surface area contributed by atoms with Crippen molar-refractivity contribution in [3.8, 4) is 0 Å². The molecule has 0 aliphatic carbocycles. The summed E-state index contributed by atoms with van der Waals surface area (Å²) in [6.45, 7) is 0. The third kappa shape index (κ3) is 2.54. The lowest BCUT2D eigenvalue weighted by Crippen LogP contribution is -2.08. The first-order valence-electron chi connectivity index (χ1n) is 5.72. The lowest BCUT2D eigenvalue weighted by molar-refractivity contribution is 0.0602. The molecule has 0 bridgehead atoms. The van der Waals surface area contributed by atoms with Crippen LogP contribution in [0.3, 0.4) is 0 Å². The van der Waals surface area contributed by atoms with E-state index >= 15 is 0 Å². The highest BCUT2D eigenvalue weighted by molar-refractivity contribution is 5.98. The SMILES string of the molecule is COC(=O)c1cccc(Nc2c(F)cccc2F)c1N. The summed E-state index contributed by atoms with van der Waals surface area (Å²) in [5, 5.41) is 2.55. The van der Waals surface area contributed by atoms with Gasteiger partial charge in [0.05, 0.1) is 24.0 Å². The van der Waals surface area contributed by atoms with E-state index in [0.717, 1.165) is 12.1 Å². The predicted molar refractivity (Wildman–Crippen MR) is 71.8 cm³/mol. The quantitative estimate of drug-likeness (QED) is 0.669. The minimum absolute atomic E-state index is 0.0574. The Morgan fingerprint density at radius 1 is 1.15 bits per heavy atom. The number of halogens is 2. The number of esters is 1. The fourth-order valence-electron chi connectivity index (χ4n) is 1.71. The number of nitrogen functional groups attached to an aromatic ring is 1. The number of carbonyl (C=O) groups is 1. The maximum absolute atomic E-state index is 13.6. The summed E-state index contributed by atoms with van der Waals surface area (Å²) < 4.78 is 31.7. The number of methoxy groups -OCH3 is 1. The topological polar surface area (TPSA) is 64.3 Å². The van der Waals surface area contributed by atoms with Crippen LogP contribution in [-0.4, -0.2) is 13.1 Å². The van der Waals surface area contributed by atoms with E-state index in [1.807, 2.05) is 0 Å². The molecule has 0 unspecified atom stereocenters. The van der Waals surface area contributed by atoms with E-state index < -0.39 is 17.6 Å². The van der Waals surface area contributed by atoms with Crippen molar-refractivity contribution in [2.45, 2.75) is 0 Å². The molecule has 0 aromatic heterocycles. The van der Waals surface area contributed by atoms with Gasteiger partial charge in [-0.05, 0) is 24.3 Å². The van der Waals surface area contributed by atoms with Crippen molar-refractivity contribution in [1.82, 2.24) is 0 Å². The Hall–Kier alpha value is -2.63. The smallest absolute Gasteiger partial charge is 0.340 e. The number of hydrogen-bond donors (Lipinski definition) is 2. The minimum atomic E-state index is -0.757. The van der Waals surface area contributed by atoms with E-state index in [-0.39, 0.29) is 22.6 Å². The Bertz CT molecular complexity index is 639. The highest BCUT2D eigenvalue weighted by Gasteiger charge is 2.15. The van der Waals surface area contributed by atoms with Gasteiger partial charge in [-0.1, -0.05) is 12.1 Å². The molecular weight excluding hydrogens is 266 g/mol. The Balaban J connectivity index is 2.42. The van der Waals surface area contributed by atoms with E-state index in [0.29, 0.717) is 0 Å². The van der Waals surface area contributed by atoms with Gasteiger partial charge in [0.1, 0.15) is 17.3 Å². The second-order valence-electron chi connectivity index (χ2n) is 3.98. The molecule has 0 amide bonds. The van der Waals surface area contributed by atoms with Crippen LogP contribution in [0.5, 0.6) is 0 Å². The number of nitrogens with one attached hydrogen (secondary N) is 1. The molecule has 2 rings (SSSR count). The molecule has 2 aromatic rings. The van der Waals surface area contributed by atoms with E-state index in [4.69, 9.17) is 5.73 Å². The fraction of sp³-hybridized carbons (Fsp3) is 0.0714. The van der Waals surface area contributed by atoms with Crippen LogP contribution in [0.15, 0.2) is 36.4 Å². The number of carbonyl (C=O) groups excluding carboxylic acids is 1. The molecule has 0 saturated carbocycles. The summed E-state index contributed by atoms with van der Waals surface area (Å²) in [6.07, 6.45) is 0. The Morgan fingerprint density at radius 2 is 1.75 bits per heavy atom. The molecule has 0 aliphatic heterocycles. The monoisotopic (exact) mass is 278 g/mol. The van der Waals surface area contributed by atoms with Gasteiger partial charge in [-0.2, -0.15) is 0 Å². The average molecular weight is 278 g/mol. The third-order valence-electron chi connectivity index (χ3n) is 2.73. The van der Waals surface area contributed by atoms with E-state index in [1.54, 1.807) is 0 Å². The van der Waals surface area contributed by atoms with E-state index in [1.165, 1.54) is 31.4 Å².